The Morgan fingerprint density at radius 1 is 0.462 bits per heavy atom. The van der Waals surface area contributed by atoms with Crippen molar-refractivity contribution in [1.82, 2.24) is 5.32 Å². The minimum absolute atomic E-state index is 0.00321. The van der Waals surface area contributed by atoms with E-state index in [2.05, 4.69) is 104 Å². The molecule has 0 aromatic carbocycles. The van der Waals surface area contributed by atoms with E-state index in [1.54, 1.807) is 6.08 Å². The van der Waals surface area contributed by atoms with Gasteiger partial charge in [-0.15, -0.1) is 0 Å². The zero-order valence-corrected chi connectivity index (χ0v) is 52.5. The number of likely N-dealkylation sites (N-methyl/N-ethyl adjacent to an activating group) is 1. The first-order valence-electron chi connectivity index (χ1n) is 32.6. The van der Waals surface area contributed by atoms with Gasteiger partial charge in [0.2, 0.25) is 5.91 Å². The number of unbranched alkanes of at least 4 members (excludes halogenated alkanes) is 32. The Hall–Kier alpha value is -2.58. The second kappa shape index (κ2) is 59.1. The van der Waals surface area contributed by atoms with Crippen molar-refractivity contribution in [3.05, 3.63) is 97.2 Å². The van der Waals surface area contributed by atoms with Gasteiger partial charge in [-0.1, -0.05) is 297 Å². The van der Waals surface area contributed by atoms with Crippen molar-refractivity contribution in [3.63, 3.8) is 0 Å². The van der Waals surface area contributed by atoms with Gasteiger partial charge in [0.1, 0.15) is 13.2 Å². The molecule has 0 fully saturated rings. The van der Waals surface area contributed by atoms with Gasteiger partial charge in [0, 0.05) is 6.42 Å². The minimum Gasteiger partial charge on any atom is -0.756 e. The number of rotatable bonds is 59. The molecule has 0 aromatic rings. The summed E-state index contributed by atoms with van der Waals surface area (Å²) in [6, 6.07) is -0.891. The number of nitrogens with one attached hydrogen (secondary N) is 1. The Morgan fingerprint density at radius 3 is 1.14 bits per heavy atom. The lowest BCUT2D eigenvalue weighted by Gasteiger charge is -2.29. The number of hydrogen-bond donors (Lipinski definition) is 2. The van der Waals surface area contributed by atoms with E-state index >= 15 is 0 Å². The number of hydrogen-bond acceptors (Lipinski definition) is 6. The maximum absolute atomic E-state index is 13.0. The SMILES string of the molecule is CC/C=C\C/C=C\C/C=C\C/C=C\C/C=C\C/C=C\C/C=C\CCCCCCCCCCCCCCCCCC(=O)NC(COP(=O)([O-])OCC[N+](C)(C)C)C(O)/C=C/CCCCCCCCCCCCCCCCCCC. The number of aliphatic hydroxyl groups excluding tert-OH is 1. The van der Waals surface area contributed by atoms with Gasteiger partial charge >= 0.3 is 0 Å². The number of carbonyl (C=O) groups is 1. The Balaban J connectivity index is 4.07. The Labute approximate surface area is 483 Å². The summed E-state index contributed by atoms with van der Waals surface area (Å²) in [5.74, 6) is -0.198. The molecular formula is C69H125N2O6P. The zero-order valence-electron chi connectivity index (χ0n) is 51.6. The van der Waals surface area contributed by atoms with E-state index in [0.717, 1.165) is 83.5 Å². The van der Waals surface area contributed by atoms with Crippen LogP contribution in [0.5, 0.6) is 0 Å². The molecule has 0 aliphatic heterocycles. The first-order valence-corrected chi connectivity index (χ1v) is 34.1. The largest absolute Gasteiger partial charge is 0.756 e. The third-order valence-electron chi connectivity index (χ3n) is 14.3. The van der Waals surface area contributed by atoms with Crippen molar-refractivity contribution in [2.45, 2.75) is 296 Å². The molecule has 9 heteroatoms. The zero-order chi connectivity index (χ0) is 57.0. The highest BCUT2D eigenvalue weighted by Crippen LogP contribution is 2.38. The number of nitrogens with zero attached hydrogens (tertiary/aromatic N) is 1. The fourth-order valence-corrected chi connectivity index (χ4v) is 9.98. The van der Waals surface area contributed by atoms with Gasteiger partial charge in [-0.25, -0.2) is 0 Å². The molecule has 0 aliphatic carbocycles. The summed E-state index contributed by atoms with van der Waals surface area (Å²) in [6.45, 7) is 4.56. The van der Waals surface area contributed by atoms with E-state index in [9.17, 15) is 19.4 Å². The highest BCUT2D eigenvalue weighted by Gasteiger charge is 2.23. The number of quaternary nitrogens is 1. The number of phosphoric acid groups is 1. The van der Waals surface area contributed by atoms with Crippen LogP contribution in [-0.4, -0.2) is 68.5 Å². The number of amides is 1. The molecule has 0 spiro atoms. The lowest BCUT2D eigenvalue weighted by atomic mass is 10.0. The van der Waals surface area contributed by atoms with Crippen molar-refractivity contribution in [1.29, 1.82) is 0 Å². The van der Waals surface area contributed by atoms with E-state index in [1.807, 2.05) is 27.2 Å². The normalized spacial score (nSPS) is 14.4. The van der Waals surface area contributed by atoms with E-state index in [0.29, 0.717) is 17.4 Å². The smallest absolute Gasteiger partial charge is 0.268 e. The predicted molar refractivity (Wildman–Crippen MR) is 339 cm³/mol. The van der Waals surface area contributed by atoms with Gasteiger partial charge in [0.15, 0.2) is 0 Å². The van der Waals surface area contributed by atoms with Crippen LogP contribution in [0.2, 0.25) is 0 Å². The Morgan fingerprint density at radius 2 is 0.782 bits per heavy atom. The minimum atomic E-state index is -4.60. The molecule has 0 rings (SSSR count). The van der Waals surface area contributed by atoms with Gasteiger partial charge in [0.25, 0.3) is 7.82 Å². The van der Waals surface area contributed by atoms with Crippen LogP contribution in [0.25, 0.3) is 0 Å². The average molecular weight is 1110 g/mol. The first kappa shape index (κ1) is 75.4. The number of aliphatic hydroxyl groups is 1. The number of phosphoric ester groups is 1. The molecule has 0 aromatic heterocycles. The summed E-state index contributed by atoms with van der Waals surface area (Å²) in [5.41, 5.74) is 0. The Bertz CT molecular complexity index is 1590. The van der Waals surface area contributed by atoms with Gasteiger partial charge < -0.3 is 28.8 Å². The fraction of sp³-hybridized carbons (Fsp3) is 0.754. The summed E-state index contributed by atoms with van der Waals surface area (Å²) in [4.78, 5) is 25.6. The van der Waals surface area contributed by atoms with Crippen molar-refractivity contribution in [2.75, 3.05) is 40.9 Å². The van der Waals surface area contributed by atoms with Crippen LogP contribution in [0.15, 0.2) is 97.2 Å². The highest BCUT2D eigenvalue weighted by atomic mass is 31.2. The fourth-order valence-electron chi connectivity index (χ4n) is 9.25. The third-order valence-corrected chi connectivity index (χ3v) is 15.3. The molecule has 1 amide bonds. The molecule has 0 heterocycles. The van der Waals surface area contributed by atoms with Gasteiger partial charge in [-0.05, 0) is 77.0 Å². The summed E-state index contributed by atoms with van der Waals surface area (Å²) in [7, 11) is 1.26. The third kappa shape index (κ3) is 61.0. The molecule has 2 N–H and O–H groups in total. The molecular weight excluding hydrogens is 984 g/mol. The molecule has 0 saturated carbocycles. The van der Waals surface area contributed by atoms with Crippen LogP contribution in [0.3, 0.4) is 0 Å². The van der Waals surface area contributed by atoms with Gasteiger partial charge in [-0.3, -0.25) is 9.36 Å². The lowest BCUT2D eigenvalue weighted by Crippen LogP contribution is -2.45. The molecule has 0 bridgehead atoms. The molecule has 452 valence electrons. The summed E-state index contributed by atoms with van der Waals surface area (Å²) >= 11 is 0. The van der Waals surface area contributed by atoms with Crippen LogP contribution in [0.4, 0.5) is 0 Å². The summed E-state index contributed by atoms with van der Waals surface area (Å²) in [5, 5.41) is 13.9. The van der Waals surface area contributed by atoms with Crippen molar-refractivity contribution < 1.29 is 32.9 Å². The van der Waals surface area contributed by atoms with E-state index in [4.69, 9.17) is 9.05 Å². The molecule has 3 unspecified atom stereocenters. The van der Waals surface area contributed by atoms with Gasteiger partial charge in [-0.2, -0.15) is 0 Å². The second-order valence-corrected chi connectivity index (χ2v) is 24.5. The van der Waals surface area contributed by atoms with Crippen LogP contribution < -0.4 is 10.2 Å². The standard InChI is InChI=1S/C69H125N2O6P/c1-6-8-10-12-14-16-18-20-22-24-26-27-28-29-30-31-32-33-34-35-36-37-38-39-40-41-42-43-45-47-49-51-53-55-57-59-61-63-69(73)70-67(66-77-78(74,75)76-65-64-71(3,4)5)68(72)62-60-58-56-54-52-50-48-46-44-25-23-21-19-17-15-13-11-9-7-2/h8,10,14,16,20,22,26-27,29-30,32-33,35-36,60,62,67-68,72H,6-7,9,11-13,15,17-19,21,23-25,28,31,34,37-59,61,63-66H2,1-5H3,(H-,70,73,74,75)/b10-8-,16-14-,22-20-,27-26-,30-29-,33-32-,36-35-,62-60+. The van der Waals surface area contributed by atoms with E-state index < -0.39 is 20.0 Å². The summed E-state index contributed by atoms with van der Waals surface area (Å²) in [6.07, 6.45) is 85.0. The molecule has 3 atom stereocenters. The van der Waals surface area contributed by atoms with Gasteiger partial charge in [0.05, 0.1) is 39.9 Å². The quantitative estimate of drug-likeness (QED) is 0.0272. The molecule has 0 radical (unpaired) electrons. The van der Waals surface area contributed by atoms with Crippen LogP contribution >= 0.6 is 7.82 Å². The van der Waals surface area contributed by atoms with Crippen LogP contribution in [0, 0.1) is 0 Å². The van der Waals surface area contributed by atoms with Crippen molar-refractivity contribution in [2.24, 2.45) is 0 Å². The monoisotopic (exact) mass is 1110 g/mol. The van der Waals surface area contributed by atoms with E-state index in [-0.39, 0.29) is 19.1 Å². The molecule has 0 aliphatic rings. The van der Waals surface area contributed by atoms with E-state index in [1.165, 1.54) is 180 Å². The predicted octanol–water partition coefficient (Wildman–Crippen LogP) is 19.9. The molecule has 0 saturated heterocycles. The maximum Gasteiger partial charge on any atom is 0.268 e. The maximum atomic E-state index is 13.0. The lowest BCUT2D eigenvalue weighted by molar-refractivity contribution is -0.870. The number of carbonyl (C=O) groups excluding carboxylic acids is 1. The van der Waals surface area contributed by atoms with Crippen molar-refractivity contribution >= 4 is 13.7 Å². The Kier molecular flexibility index (Phi) is 57.1. The van der Waals surface area contributed by atoms with Crippen LogP contribution in [0.1, 0.15) is 284 Å². The summed E-state index contributed by atoms with van der Waals surface area (Å²) < 4.78 is 23.4. The average Bonchev–Trinajstić information content (AvgIpc) is 3.41. The second-order valence-electron chi connectivity index (χ2n) is 23.1. The highest BCUT2D eigenvalue weighted by molar-refractivity contribution is 7.45. The van der Waals surface area contributed by atoms with Crippen molar-refractivity contribution in [3.8, 4) is 0 Å². The van der Waals surface area contributed by atoms with Crippen LogP contribution in [-0.2, 0) is 18.4 Å². The number of allylic oxidation sites excluding steroid dienone is 15. The molecule has 78 heavy (non-hydrogen) atoms. The molecule has 8 nitrogen and oxygen atoms in total. The topological polar surface area (TPSA) is 108 Å². The first-order chi connectivity index (χ1) is 38.0.